The van der Waals surface area contributed by atoms with Crippen LogP contribution in [0, 0.1) is 28.4 Å². The van der Waals surface area contributed by atoms with E-state index in [1.165, 1.54) is 22.9 Å². The number of hydrogen-bond donors (Lipinski definition) is 2. The van der Waals surface area contributed by atoms with Crippen molar-refractivity contribution in [2.45, 2.75) is 12.3 Å². The molecule has 1 amide bonds. The van der Waals surface area contributed by atoms with E-state index in [1.54, 1.807) is 19.1 Å². The number of nitrogens with two attached hydrogens (primary N) is 1. The lowest BCUT2D eigenvalue weighted by Gasteiger charge is -2.32. The minimum absolute atomic E-state index is 0.146. The largest absolute Gasteiger partial charge is 0.422 e. The SMILES string of the molecule is Cc1nn(-c2ccccc2)c2c1[C@]1(C(=O)Nc3ccc([N+](=O)[O-])cc31)C(C#N)=C(N)O2. The maximum Gasteiger partial charge on any atom is 0.269 e. The van der Waals surface area contributed by atoms with E-state index in [1.807, 2.05) is 24.3 Å². The number of ether oxygens (including phenoxy) is 1. The van der Waals surface area contributed by atoms with E-state index >= 15 is 0 Å². The molecule has 0 saturated carbocycles. The summed E-state index contributed by atoms with van der Waals surface area (Å²) in [6.45, 7) is 1.68. The summed E-state index contributed by atoms with van der Waals surface area (Å²) in [4.78, 5) is 24.3. The van der Waals surface area contributed by atoms with Crippen molar-refractivity contribution in [3.8, 4) is 17.6 Å². The first-order valence-corrected chi connectivity index (χ1v) is 9.23. The number of nitro groups is 1. The van der Waals surface area contributed by atoms with E-state index < -0.39 is 16.2 Å². The topological polar surface area (TPSA) is 149 Å². The first-order chi connectivity index (χ1) is 14.9. The van der Waals surface area contributed by atoms with Gasteiger partial charge in [-0.1, -0.05) is 18.2 Å². The molecule has 2 aliphatic heterocycles. The number of aryl methyl sites for hydroxylation is 1. The number of non-ortho nitro benzene ring substituents is 1. The monoisotopic (exact) mass is 414 g/mol. The molecule has 5 rings (SSSR count). The molecule has 0 bridgehead atoms. The third-order valence-corrected chi connectivity index (χ3v) is 5.54. The summed E-state index contributed by atoms with van der Waals surface area (Å²) >= 11 is 0. The Hall–Kier alpha value is -4.65. The van der Waals surface area contributed by atoms with Crippen molar-refractivity contribution < 1.29 is 14.5 Å². The highest BCUT2D eigenvalue weighted by atomic mass is 16.6. The molecular formula is C21H14N6O4. The number of nitrogens with zero attached hydrogens (tertiary/aromatic N) is 4. The molecule has 0 fully saturated rings. The highest BCUT2D eigenvalue weighted by Gasteiger charge is 2.59. The number of nitrogens with one attached hydrogen (secondary N) is 1. The number of benzene rings is 2. The van der Waals surface area contributed by atoms with E-state index in [9.17, 15) is 20.2 Å². The Morgan fingerprint density at radius 1 is 1.29 bits per heavy atom. The molecule has 0 aliphatic carbocycles. The summed E-state index contributed by atoms with van der Waals surface area (Å²) in [6, 6.07) is 15.1. The average Bonchev–Trinajstić information content (AvgIpc) is 3.23. The van der Waals surface area contributed by atoms with Crippen LogP contribution >= 0.6 is 0 Å². The third kappa shape index (κ3) is 2.25. The maximum atomic E-state index is 13.5. The zero-order valence-corrected chi connectivity index (χ0v) is 16.1. The van der Waals surface area contributed by atoms with Crippen molar-refractivity contribution in [1.82, 2.24) is 9.78 Å². The second kappa shape index (κ2) is 6.17. The highest BCUT2D eigenvalue weighted by Crippen LogP contribution is 2.55. The zero-order chi connectivity index (χ0) is 21.9. The predicted molar refractivity (Wildman–Crippen MR) is 108 cm³/mol. The number of para-hydroxylation sites is 1. The van der Waals surface area contributed by atoms with Crippen LogP contribution in [0.2, 0.25) is 0 Å². The van der Waals surface area contributed by atoms with Crippen LogP contribution in [0.15, 0.2) is 60.0 Å². The molecule has 2 aromatic carbocycles. The maximum absolute atomic E-state index is 13.5. The lowest BCUT2D eigenvalue weighted by atomic mass is 9.69. The summed E-state index contributed by atoms with van der Waals surface area (Å²) in [5.74, 6) is -0.640. The Morgan fingerprint density at radius 3 is 2.71 bits per heavy atom. The molecular weight excluding hydrogens is 400 g/mol. The van der Waals surface area contributed by atoms with Gasteiger partial charge in [0, 0.05) is 23.4 Å². The van der Waals surface area contributed by atoms with Gasteiger partial charge >= 0.3 is 0 Å². The van der Waals surface area contributed by atoms with Crippen LogP contribution in [0.4, 0.5) is 11.4 Å². The molecule has 31 heavy (non-hydrogen) atoms. The van der Waals surface area contributed by atoms with Gasteiger partial charge in [0.05, 0.1) is 21.9 Å². The molecule has 152 valence electrons. The van der Waals surface area contributed by atoms with Crippen LogP contribution in [0.25, 0.3) is 5.69 Å². The standard InChI is InChI=1S/C21H14N6O4/c1-11-17-19(26(25-11)12-5-3-2-4-6-12)31-18(23)15(10-22)21(17)14-9-13(27(29)30)7-8-16(14)24-20(21)28/h2-9H,23H2,1H3,(H,24,28)/t21-/m1/s1. The van der Waals surface area contributed by atoms with Crippen LogP contribution in [0.1, 0.15) is 16.8 Å². The molecule has 3 heterocycles. The van der Waals surface area contributed by atoms with Crippen LogP contribution in [0.3, 0.4) is 0 Å². The van der Waals surface area contributed by atoms with Gasteiger partial charge in [0.15, 0.2) is 0 Å². The lowest BCUT2D eigenvalue weighted by Crippen LogP contribution is -2.42. The quantitative estimate of drug-likeness (QED) is 0.483. The van der Waals surface area contributed by atoms with E-state index in [2.05, 4.69) is 10.4 Å². The summed E-state index contributed by atoms with van der Waals surface area (Å²) in [6.07, 6.45) is 0. The van der Waals surface area contributed by atoms with Gasteiger partial charge in [-0.25, -0.2) is 4.68 Å². The minimum atomic E-state index is -1.72. The summed E-state index contributed by atoms with van der Waals surface area (Å²) in [7, 11) is 0. The smallest absolute Gasteiger partial charge is 0.269 e. The van der Waals surface area contributed by atoms with Crippen molar-refractivity contribution >= 4 is 17.3 Å². The van der Waals surface area contributed by atoms with Gasteiger partial charge in [-0.05, 0) is 25.1 Å². The average molecular weight is 414 g/mol. The number of aromatic nitrogens is 2. The normalized spacial score (nSPS) is 18.8. The Morgan fingerprint density at radius 2 is 2.03 bits per heavy atom. The third-order valence-electron chi connectivity index (χ3n) is 5.54. The van der Waals surface area contributed by atoms with Gasteiger partial charge in [-0.15, -0.1) is 0 Å². The molecule has 1 aromatic heterocycles. The number of amides is 1. The fraction of sp³-hybridized carbons (Fsp3) is 0.0952. The van der Waals surface area contributed by atoms with E-state index in [-0.39, 0.29) is 28.6 Å². The number of nitro benzene ring substituents is 1. The molecule has 0 radical (unpaired) electrons. The fourth-order valence-electron chi connectivity index (χ4n) is 4.28. The van der Waals surface area contributed by atoms with Crippen LogP contribution in [-0.4, -0.2) is 20.6 Å². The van der Waals surface area contributed by atoms with Gasteiger partial charge in [0.2, 0.25) is 17.7 Å². The summed E-state index contributed by atoms with van der Waals surface area (Å²) in [5, 5.41) is 28.6. The van der Waals surface area contributed by atoms with Gasteiger partial charge in [0.1, 0.15) is 17.1 Å². The van der Waals surface area contributed by atoms with Gasteiger partial charge in [-0.3, -0.25) is 14.9 Å². The number of rotatable bonds is 2. The molecule has 10 heteroatoms. The molecule has 3 aromatic rings. The summed E-state index contributed by atoms with van der Waals surface area (Å²) < 4.78 is 7.29. The molecule has 10 nitrogen and oxygen atoms in total. The molecule has 1 spiro atoms. The zero-order valence-electron chi connectivity index (χ0n) is 16.1. The van der Waals surface area contributed by atoms with E-state index in [0.29, 0.717) is 22.6 Å². The number of anilines is 1. The first-order valence-electron chi connectivity index (χ1n) is 9.23. The Kier molecular flexibility index (Phi) is 3.66. The second-order valence-electron chi connectivity index (χ2n) is 7.16. The molecule has 3 N–H and O–H groups in total. The molecule has 0 unspecified atom stereocenters. The Balaban J connectivity index is 1.90. The van der Waals surface area contributed by atoms with Crippen LogP contribution in [-0.2, 0) is 10.2 Å². The minimum Gasteiger partial charge on any atom is -0.422 e. The lowest BCUT2D eigenvalue weighted by molar-refractivity contribution is -0.384. The van der Waals surface area contributed by atoms with Gasteiger partial charge in [-0.2, -0.15) is 10.4 Å². The number of carbonyl (C=O) groups is 1. The molecule has 0 saturated heterocycles. The van der Waals surface area contributed by atoms with Crippen molar-refractivity contribution in [2.75, 3.05) is 5.32 Å². The van der Waals surface area contributed by atoms with Crippen molar-refractivity contribution in [3.63, 3.8) is 0 Å². The second-order valence-corrected chi connectivity index (χ2v) is 7.16. The van der Waals surface area contributed by atoms with Crippen molar-refractivity contribution in [1.29, 1.82) is 5.26 Å². The van der Waals surface area contributed by atoms with Gasteiger partial charge in [0.25, 0.3) is 5.69 Å². The van der Waals surface area contributed by atoms with Crippen LogP contribution in [0.5, 0.6) is 5.88 Å². The highest BCUT2D eigenvalue weighted by molar-refractivity contribution is 6.13. The number of carbonyl (C=O) groups excluding carboxylic acids is 1. The Labute approximate surface area is 175 Å². The van der Waals surface area contributed by atoms with E-state index in [4.69, 9.17) is 10.5 Å². The first kappa shape index (κ1) is 18.4. The van der Waals surface area contributed by atoms with Crippen LogP contribution < -0.4 is 15.8 Å². The van der Waals surface area contributed by atoms with E-state index in [0.717, 1.165) is 0 Å². The fourth-order valence-corrected chi connectivity index (χ4v) is 4.28. The van der Waals surface area contributed by atoms with Gasteiger partial charge < -0.3 is 15.8 Å². The summed E-state index contributed by atoms with van der Waals surface area (Å²) in [5.41, 5.74) is 6.05. The molecule has 1 atom stereocenters. The Bertz CT molecular complexity index is 1370. The predicted octanol–water partition coefficient (Wildman–Crippen LogP) is 2.41. The van der Waals surface area contributed by atoms with Crippen molar-refractivity contribution in [2.24, 2.45) is 5.73 Å². The number of nitriles is 1. The number of fused-ring (bicyclic) bond motifs is 4. The van der Waals surface area contributed by atoms with Crippen molar-refractivity contribution in [3.05, 3.63) is 86.9 Å². The number of hydrogen-bond acceptors (Lipinski definition) is 7. The molecule has 2 aliphatic rings.